The van der Waals surface area contributed by atoms with Gasteiger partial charge in [-0.05, 0) is 30.0 Å². The molecule has 2 nitrogen and oxygen atoms in total. The molecule has 1 aromatic carbocycles. The van der Waals surface area contributed by atoms with Crippen LogP contribution < -0.4 is 0 Å². The smallest absolute Gasteiger partial charge is 0.246 e. The number of halogens is 2. The van der Waals surface area contributed by atoms with Crippen molar-refractivity contribution in [3.05, 3.63) is 39.9 Å². The highest BCUT2D eigenvalue weighted by Gasteiger charge is 2.14. The van der Waals surface area contributed by atoms with Crippen molar-refractivity contribution in [1.29, 1.82) is 0 Å². The van der Waals surface area contributed by atoms with E-state index in [1.54, 1.807) is 30.4 Å². The lowest BCUT2D eigenvalue weighted by Crippen LogP contribution is -2.35. The Morgan fingerprint density at radius 1 is 1.10 bits per heavy atom. The van der Waals surface area contributed by atoms with E-state index in [1.165, 1.54) is 0 Å². The van der Waals surface area contributed by atoms with E-state index in [2.05, 4.69) is 27.7 Å². The maximum absolute atomic E-state index is 12.4. The van der Waals surface area contributed by atoms with Crippen LogP contribution in [0.1, 0.15) is 33.3 Å². The molecule has 0 aliphatic heterocycles. The van der Waals surface area contributed by atoms with Crippen molar-refractivity contribution in [2.45, 2.75) is 27.7 Å². The first kappa shape index (κ1) is 18.1. The van der Waals surface area contributed by atoms with Crippen LogP contribution in [0.3, 0.4) is 0 Å². The van der Waals surface area contributed by atoms with Gasteiger partial charge in [0.15, 0.2) is 0 Å². The van der Waals surface area contributed by atoms with E-state index < -0.39 is 0 Å². The summed E-state index contributed by atoms with van der Waals surface area (Å²) in [6.45, 7) is 9.92. The molecule has 0 N–H and O–H groups in total. The second-order valence-electron chi connectivity index (χ2n) is 6.00. The van der Waals surface area contributed by atoms with Gasteiger partial charge >= 0.3 is 0 Å². The van der Waals surface area contributed by atoms with Crippen molar-refractivity contribution in [2.75, 3.05) is 13.1 Å². The van der Waals surface area contributed by atoms with Crippen molar-refractivity contribution in [1.82, 2.24) is 4.90 Å². The minimum Gasteiger partial charge on any atom is -0.339 e. The summed E-state index contributed by atoms with van der Waals surface area (Å²) in [6.07, 6.45) is 3.25. The predicted octanol–water partition coefficient (Wildman–Crippen LogP) is 5.15. The summed E-state index contributed by atoms with van der Waals surface area (Å²) in [5, 5.41) is 1.09. The molecular formula is C17H23Cl2NO. The van der Waals surface area contributed by atoms with Crippen LogP contribution in [0.5, 0.6) is 0 Å². The number of hydrogen-bond donors (Lipinski definition) is 0. The zero-order valence-electron chi connectivity index (χ0n) is 13.1. The number of benzene rings is 1. The SMILES string of the molecule is CC(C)CN(CC(C)C)C(=O)C=Cc1c(Cl)cccc1Cl. The molecule has 1 aromatic rings. The standard InChI is InChI=1S/C17H23Cl2NO/c1-12(2)10-20(11-13(3)4)17(21)9-8-14-15(18)6-5-7-16(14)19/h5-9,12-13H,10-11H2,1-4H3. The monoisotopic (exact) mass is 327 g/mol. The van der Waals surface area contributed by atoms with Gasteiger partial charge in [0.05, 0.1) is 0 Å². The quantitative estimate of drug-likeness (QED) is 0.662. The van der Waals surface area contributed by atoms with Crippen molar-refractivity contribution in [3.8, 4) is 0 Å². The van der Waals surface area contributed by atoms with Crippen LogP contribution in [0.2, 0.25) is 10.0 Å². The van der Waals surface area contributed by atoms with E-state index in [1.807, 2.05) is 4.90 Å². The third kappa shape index (κ3) is 6.11. The van der Waals surface area contributed by atoms with Gasteiger partial charge in [0.1, 0.15) is 0 Å². The number of hydrogen-bond acceptors (Lipinski definition) is 1. The molecule has 0 fully saturated rings. The molecule has 0 radical (unpaired) electrons. The van der Waals surface area contributed by atoms with Crippen LogP contribution in [0.25, 0.3) is 6.08 Å². The van der Waals surface area contributed by atoms with E-state index in [9.17, 15) is 4.79 Å². The molecule has 0 aliphatic carbocycles. The van der Waals surface area contributed by atoms with Gasteiger partial charge in [-0.2, -0.15) is 0 Å². The van der Waals surface area contributed by atoms with Gasteiger partial charge in [-0.25, -0.2) is 0 Å². The van der Waals surface area contributed by atoms with E-state index >= 15 is 0 Å². The van der Waals surface area contributed by atoms with E-state index in [4.69, 9.17) is 23.2 Å². The van der Waals surface area contributed by atoms with Crippen molar-refractivity contribution >= 4 is 35.2 Å². The maximum atomic E-state index is 12.4. The zero-order valence-corrected chi connectivity index (χ0v) is 14.6. The van der Waals surface area contributed by atoms with Crippen molar-refractivity contribution in [2.24, 2.45) is 11.8 Å². The van der Waals surface area contributed by atoms with Gasteiger partial charge in [0.25, 0.3) is 0 Å². The summed E-state index contributed by atoms with van der Waals surface area (Å²) in [6, 6.07) is 5.31. The number of carbonyl (C=O) groups is 1. The Hall–Kier alpha value is -0.990. The molecule has 0 aliphatic rings. The normalized spacial score (nSPS) is 11.6. The van der Waals surface area contributed by atoms with Gasteiger partial charge in [0, 0.05) is 34.8 Å². The molecule has 1 rings (SSSR count). The summed E-state index contributed by atoms with van der Waals surface area (Å²) < 4.78 is 0. The largest absolute Gasteiger partial charge is 0.339 e. The lowest BCUT2D eigenvalue weighted by molar-refractivity contribution is -0.127. The summed E-state index contributed by atoms with van der Waals surface area (Å²) in [5.74, 6) is 0.864. The highest BCUT2D eigenvalue weighted by molar-refractivity contribution is 6.37. The molecule has 116 valence electrons. The van der Waals surface area contributed by atoms with Gasteiger partial charge in [-0.3, -0.25) is 4.79 Å². The first-order chi connectivity index (χ1) is 9.81. The molecule has 0 spiro atoms. The Morgan fingerprint density at radius 3 is 2.00 bits per heavy atom. The lowest BCUT2D eigenvalue weighted by Gasteiger charge is -2.25. The number of rotatable bonds is 6. The van der Waals surface area contributed by atoms with Gasteiger partial charge in [-0.1, -0.05) is 57.0 Å². The van der Waals surface area contributed by atoms with Crippen LogP contribution in [0, 0.1) is 11.8 Å². The zero-order chi connectivity index (χ0) is 16.0. The average molecular weight is 328 g/mol. The fourth-order valence-corrected chi connectivity index (χ4v) is 2.59. The minimum absolute atomic E-state index is 0.00612. The molecule has 1 amide bonds. The van der Waals surface area contributed by atoms with Crippen LogP contribution >= 0.6 is 23.2 Å². The Bertz CT molecular complexity index is 479. The molecule has 0 heterocycles. The minimum atomic E-state index is -0.00612. The molecule has 0 bridgehead atoms. The molecule has 0 saturated heterocycles. The first-order valence-electron chi connectivity index (χ1n) is 7.22. The summed E-state index contributed by atoms with van der Waals surface area (Å²) in [4.78, 5) is 14.2. The lowest BCUT2D eigenvalue weighted by atomic mass is 10.1. The molecule has 4 heteroatoms. The van der Waals surface area contributed by atoms with Gasteiger partial charge in [0.2, 0.25) is 5.91 Å². The molecule has 0 aromatic heterocycles. The van der Waals surface area contributed by atoms with Gasteiger partial charge in [-0.15, -0.1) is 0 Å². The molecule has 0 atom stereocenters. The predicted molar refractivity (Wildman–Crippen MR) is 91.8 cm³/mol. The Morgan fingerprint density at radius 2 is 1.57 bits per heavy atom. The second-order valence-corrected chi connectivity index (χ2v) is 6.81. The third-order valence-corrected chi connectivity index (χ3v) is 3.53. The van der Waals surface area contributed by atoms with E-state index in [0.29, 0.717) is 27.4 Å². The highest BCUT2D eigenvalue weighted by Crippen LogP contribution is 2.25. The van der Waals surface area contributed by atoms with Crippen LogP contribution in [0.15, 0.2) is 24.3 Å². The van der Waals surface area contributed by atoms with Crippen LogP contribution in [-0.2, 0) is 4.79 Å². The third-order valence-electron chi connectivity index (χ3n) is 2.88. The van der Waals surface area contributed by atoms with Crippen molar-refractivity contribution in [3.63, 3.8) is 0 Å². The molecular weight excluding hydrogens is 305 g/mol. The maximum Gasteiger partial charge on any atom is 0.246 e. The molecule has 0 saturated carbocycles. The Kier molecular flexibility index (Phi) is 7.27. The molecule has 21 heavy (non-hydrogen) atoms. The summed E-state index contributed by atoms with van der Waals surface area (Å²) in [5.41, 5.74) is 0.684. The molecule has 0 unspecified atom stereocenters. The van der Waals surface area contributed by atoms with Crippen LogP contribution in [-0.4, -0.2) is 23.9 Å². The Balaban J connectivity index is 2.87. The number of nitrogens with zero attached hydrogens (tertiary/aromatic N) is 1. The van der Waals surface area contributed by atoms with E-state index in [0.717, 1.165) is 13.1 Å². The Labute approximate surface area is 137 Å². The number of carbonyl (C=O) groups excluding carboxylic acids is 1. The fourth-order valence-electron chi connectivity index (χ4n) is 2.07. The van der Waals surface area contributed by atoms with Crippen LogP contribution in [0.4, 0.5) is 0 Å². The highest BCUT2D eigenvalue weighted by atomic mass is 35.5. The van der Waals surface area contributed by atoms with E-state index in [-0.39, 0.29) is 5.91 Å². The second kappa shape index (κ2) is 8.45. The number of amides is 1. The summed E-state index contributed by atoms with van der Waals surface area (Å²) >= 11 is 12.2. The van der Waals surface area contributed by atoms with Crippen molar-refractivity contribution < 1.29 is 4.79 Å². The first-order valence-corrected chi connectivity index (χ1v) is 7.97. The summed E-state index contributed by atoms with van der Waals surface area (Å²) in [7, 11) is 0. The fraction of sp³-hybridized carbons (Fsp3) is 0.471. The average Bonchev–Trinajstić information content (AvgIpc) is 2.36. The topological polar surface area (TPSA) is 20.3 Å². The van der Waals surface area contributed by atoms with Gasteiger partial charge < -0.3 is 4.90 Å².